The Labute approximate surface area is 129 Å². The predicted molar refractivity (Wildman–Crippen MR) is 81.0 cm³/mol. The van der Waals surface area contributed by atoms with Crippen LogP contribution in [0.15, 0.2) is 18.2 Å². The Morgan fingerprint density at radius 3 is 2.27 bits per heavy atom. The van der Waals surface area contributed by atoms with Crippen molar-refractivity contribution in [3.63, 3.8) is 0 Å². The Balaban J connectivity index is 2.88. The lowest BCUT2D eigenvalue weighted by atomic mass is 9.96. The molecule has 0 fully saturated rings. The van der Waals surface area contributed by atoms with Gasteiger partial charge in [-0.3, -0.25) is 9.10 Å². The van der Waals surface area contributed by atoms with E-state index in [9.17, 15) is 22.0 Å². The molecule has 22 heavy (non-hydrogen) atoms. The quantitative estimate of drug-likeness (QED) is 0.894. The van der Waals surface area contributed by atoms with E-state index in [0.717, 1.165) is 22.7 Å². The summed E-state index contributed by atoms with van der Waals surface area (Å²) in [6.07, 6.45) is 0.958. The third-order valence-corrected chi connectivity index (χ3v) is 4.07. The SMILES string of the molecule is CC(C)(C)C(=O)NCCN(c1ccc(F)c(F)c1)S(C)(=O)=O. The fourth-order valence-electron chi connectivity index (χ4n) is 1.66. The van der Waals surface area contributed by atoms with Gasteiger partial charge in [0.1, 0.15) is 0 Å². The second kappa shape index (κ2) is 6.60. The number of hydrogen-bond donors (Lipinski definition) is 1. The zero-order valence-electron chi connectivity index (χ0n) is 13.0. The number of halogens is 2. The van der Waals surface area contributed by atoms with Crippen LogP contribution in [-0.4, -0.2) is 33.7 Å². The number of anilines is 1. The van der Waals surface area contributed by atoms with Crippen molar-refractivity contribution >= 4 is 21.6 Å². The molecule has 1 rings (SSSR count). The van der Waals surface area contributed by atoms with Crippen LogP contribution in [0.5, 0.6) is 0 Å². The summed E-state index contributed by atoms with van der Waals surface area (Å²) in [5.74, 6) is -2.42. The van der Waals surface area contributed by atoms with Crippen LogP contribution >= 0.6 is 0 Å². The summed E-state index contributed by atoms with van der Waals surface area (Å²) in [6, 6.07) is 2.84. The minimum absolute atomic E-state index is 0.00593. The van der Waals surface area contributed by atoms with Crippen molar-refractivity contribution in [3.8, 4) is 0 Å². The number of amides is 1. The molecular formula is C14H20F2N2O3S. The van der Waals surface area contributed by atoms with Crippen molar-refractivity contribution in [1.29, 1.82) is 0 Å². The van der Waals surface area contributed by atoms with Crippen LogP contribution in [-0.2, 0) is 14.8 Å². The van der Waals surface area contributed by atoms with Crippen molar-refractivity contribution in [2.45, 2.75) is 20.8 Å². The first-order valence-corrected chi connectivity index (χ1v) is 8.49. The second-order valence-corrected chi connectivity index (χ2v) is 7.85. The molecule has 0 aliphatic heterocycles. The lowest BCUT2D eigenvalue weighted by Crippen LogP contribution is -2.41. The van der Waals surface area contributed by atoms with Crippen LogP contribution < -0.4 is 9.62 Å². The van der Waals surface area contributed by atoms with E-state index in [1.165, 1.54) is 6.07 Å². The summed E-state index contributed by atoms with van der Waals surface area (Å²) in [6.45, 7) is 5.16. The van der Waals surface area contributed by atoms with Gasteiger partial charge in [0.15, 0.2) is 11.6 Å². The molecule has 0 unspecified atom stereocenters. The van der Waals surface area contributed by atoms with Gasteiger partial charge in [0.2, 0.25) is 15.9 Å². The van der Waals surface area contributed by atoms with E-state index in [1.807, 2.05) is 0 Å². The van der Waals surface area contributed by atoms with Crippen LogP contribution in [0.25, 0.3) is 0 Å². The van der Waals surface area contributed by atoms with Gasteiger partial charge in [0.05, 0.1) is 18.5 Å². The summed E-state index contributed by atoms with van der Waals surface area (Å²) in [5.41, 5.74) is -0.593. The maximum atomic E-state index is 13.3. The summed E-state index contributed by atoms with van der Waals surface area (Å²) < 4.78 is 50.7. The predicted octanol–water partition coefficient (Wildman–Crippen LogP) is 1.89. The molecule has 5 nitrogen and oxygen atoms in total. The zero-order chi connectivity index (χ0) is 17.1. The highest BCUT2D eigenvalue weighted by atomic mass is 32.2. The number of hydrogen-bond acceptors (Lipinski definition) is 3. The molecule has 0 aliphatic carbocycles. The molecule has 0 aromatic heterocycles. The average Bonchev–Trinajstić information content (AvgIpc) is 2.35. The first-order chi connectivity index (χ1) is 9.93. The van der Waals surface area contributed by atoms with Crippen LogP contribution in [0.4, 0.5) is 14.5 Å². The molecule has 0 saturated carbocycles. The van der Waals surface area contributed by atoms with Crippen LogP contribution in [0, 0.1) is 17.0 Å². The molecule has 0 radical (unpaired) electrons. The molecule has 1 aromatic carbocycles. The number of carbonyl (C=O) groups is 1. The van der Waals surface area contributed by atoms with E-state index in [-0.39, 0.29) is 24.7 Å². The van der Waals surface area contributed by atoms with Gasteiger partial charge >= 0.3 is 0 Å². The summed E-state index contributed by atoms with van der Waals surface area (Å²) in [5, 5.41) is 2.61. The molecule has 1 amide bonds. The van der Waals surface area contributed by atoms with Gasteiger partial charge in [-0.15, -0.1) is 0 Å². The lowest BCUT2D eigenvalue weighted by molar-refractivity contribution is -0.128. The van der Waals surface area contributed by atoms with Crippen molar-refractivity contribution in [1.82, 2.24) is 5.32 Å². The third kappa shape index (κ3) is 4.94. The third-order valence-electron chi connectivity index (χ3n) is 2.87. The van der Waals surface area contributed by atoms with E-state index in [1.54, 1.807) is 20.8 Å². The van der Waals surface area contributed by atoms with E-state index < -0.39 is 27.1 Å². The first kappa shape index (κ1) is 18.3. The van der Waals surface area contributed by atoms with Crippen molar-refractivity contribution < 1.29 is 22.0 Å². The van der Waals surface area contributed by atoms with E-state index in [4.69, 9.17) is 0 Å². The Morgan fingerprint density at radius 1 is 1.23 bits per heavy atom. The molecule has 0 spiro atoms. The Kier molecular flexibility index (Phi) is 5.50. The fraction of sp³-hybridized carbons (Fsp3) is 0.500. The number of nitrogens with one attached hydrogen (secondary N) is 1. The summed E-state index contributed by atoms with van der Waals surface area (Å²) in [7, 11) is -3.69. The normalized spacial score (nSPS) is 12.1. The minimum atomic E-state index is -3.69. The monoisotopic (exact) mass is 334 g/mol. The van der Waals surface area contributed by atoms with Crippen molar-refractivity contribution in [2.75, 3.05) is 23.7 Å². The number of nitrogens with zero attached hydrogens (tertiary/aromatic N) is 1. The zero-order valence-corrected chi connectivity index (χ0v) is 13.8. The number of sulfonamides is 1. The maximum absolute atomic E-state index is 13.3. The second-order valence-electron chi connectivity index (χ2n) is 5.94. The van der Waals surface area contributed by atoms with Crippen molar-refractivity contribution in [2.24, 2.45) is 5.41 Å². The summed E-state index contributed by atoms with van der Waals surface area (Å²) >= 11 is 0. The van der Waals surface area contributed by atoms with Crippen LogP contribution in [0.3, 0.4) is 0 Å². The molecule has 124 valence electrons. The highest BCUT2D eigenvalue weighted by Crippen LogP contribution is 2.20. The largest absolute Gasteiger partial charge is 0.354 e. The average molecular weight is 334 g/mol. The van der Waals surface area contributed by atoms with Crippen LogP contribution in [0.2, 0.25) is 0 Å². The van der Waals surface area contributed by atoms with Crippen molar-refractivity contribution in [3.05, 3.63) is 29.8 Å². The smallest absolute Gasteiger partial charge is 0.232 e. The number of benzene rings is 1. The number of carbonyl (C=O) groups excluding carboxylic acids is 1. The van der Waals surface area contributed by atoms with Gasteiger partial charge in [-0.05, 0) is 12.1 Å². The fourth-order valence-corrected chi connectivity index (χ4v) is 2.58. The van der Waals surface area contributed by atoms with Gasteiger partial charge in [0.25, 0.3) is 0 Å². The van der Waals surface area contributed by atoms with Crippen LogP contribution in [0.1, 0.15) is 20.8 Å². The molecule has 1 aromatic rings. The molecule has 1 N–H and O–H groups in total. The van der Waals surface area contributed by atoms with Gasteiger partial charge in [0, 0.05) is 18.0 Å². The highest BCUT2D eigenvalue weighted by Gasteiger charge is 2.22. The summed E-state index contributed by atoms with van der Waals surface area (Å²) in [4.78, 5) is 11.7. The molecule has 0 saturated heterocycles. The lowest BCUT2D eigenvalue weighted by Gasteiger charge is -2.24. The topological polar surface area (TPSA) is 66.5 Å². The Bertz CT molecular complexity index is 655. The standard InChI is InChI=1S/C14H20F2N2O3S/c1-14(2,3)13(19)17-7-8-18(22(4,20)21)10-5-6-11(15)12(16)9-10/h5-6,9H,7-8H2,1-4H3,(H,17,19). The maximum Gasteiger partial charge on any atom is 0.232 e. The Hall–Kier alpha value is -1.70. The molecule has 8 heteroatoms. The Morgan fingerprint density at radius 2 is 1.82 bits per heavy atom. The minimum Gasteiger partial charge on any atom is -0.354 e. The molecule has 0 aliphatic rings. The first-order valence-electron chi connectivity index (χ1n) is 6.64. The van der Waals surface area contributed by atoms with E-state index in [2.05, 4.69) is 5.32 Å². The van der Waals surface area contributed by atoms with E-state index >= 15 is 0 Å². The van der Waals surface area contributed by atoms with Gasteiger partial charge in [-0.2, -0.15) is 0 Å². The highest BCUT2D eigenvalue weighted by molar-refractivity contribution is 7.92. The van der Waals surface area contributed by atoms with Gasteiger partial charge in [-0.1, -0.05) is 20.8 Å². The van der Waals surface area contributed by atoms with Gasteiger partial charge < -0.3 is 5.32 Å². The molecule has 0 heterocycles. The number of rotatable bonds is 5. The molecular weight excluding hydrogens is 314 g/mol. The van der Waals surface area contributed by atoms with E-state index in [0.29, 0.717) is 0 Å². The molecule has 0 bridgehead atoms. The van der Waals surface area contributed by atoms with Gasteiger partial charge in [-0.25, -0.2) is 17.2 Å². The molecule has 0 atom stereocenters.